The predicted molar refractivity (Wildman–Crippen MR) is 78.0 cm³/mol. The van der Waals surface area contributed by atoms with Gasteiger partial charge in [-0.2, -0.15) is 28.6 Å². The second-order valence-corrected chi connectivity index (χ2v) is 7.07. The predicted octanol–water partition coefficient (Wildman–Crippen LogP) is 1.84. The number of amides is 1. The lowest BCUT2D eigenvalue weighted by Gasteiger charge is -2.21. The second-order valence-electron chi connectivity index (χ2n) is 4.51. The van der Waals surface area contributed by atoms with E-state index in [9.17, 15) is 4.79 Å². The average Bonchev–Trinajstić information content (AvgIpc) is 2.77. The quantitative estimate of drug-likeness (QED) is 0.917. The Morgan fingerprint density at radius 1 is 1.67 bits per heavy atom. The Kier molecular flexibility index (Phi) is 5.00. The molecule has 0 saturated carbocycles. The third-order valence-corrected chi connectivity index (χ3v) is 5.75. The van der Waals surface area contributed by atoms with Crippen molar-refractivity contribution in [2.45, 2.75) is 24.6 Å². The first-order chi connectivity index (χ1) is 8.65. The largest absolute Gasteiger partial charge is 0.349 e. The number of carbonyl (C=O) groups excluding carboxylic acids is 1. The van der Waals surface area contributed by atoms with Crippen LogP contribution in [-0.4, -0.2) is 38.2 Å². The van der Waals surface area contributed by atoms with E-state index in [0.29, 0.717) is 11.7 Å². The molecule has 1 aromatic rings. The summed E-state index contributed by atoms with van der Waals surface area (Å²) in [6, 6.07) is 0.0347. The first-order valence-corrected chi connectivity index (χ1v) is 8.33. The van der Waals surface area contributed by atoms with Gasteiger partial charge in [0.05, 0.1) is 12.2 Å². The Balaban J connectivity index is 1.79. The molecule has 2 rings (SSSR count). The van der Waals surface area contributed by atoms with Gasteiger partial charge < -0.3 is 5.32 Å². The van der Waals surface area contributed by atoms with Gasteiger partial charge in [0.1, 0.15) is 0 Å². The fraction of sp³-hybridized carbons (Fsp3) is 0.667. The molecule has 100 valence electrons. The zero-order valence-corrected chi connectivity index (χ0v) is 12.4. The average molecular weight is 285 g/mol. The van der Waals surface area contributed by atoms with Crippen LogP contribution in [0.2, 0.25) is 0 Å². The zero-order valence-electron chi connectivity index (χ0n) is 10.8. The number of hydrogen-bond donors (Lipinski definition) is 1. The van der Waals surface area contributed by atoms with Crippen LogP contribution < -0.4 is 5.32 Å². The van der Waals surface area contributed by atoms with Crippen molar-refractivity contribution in [1.29, 1.82) is 0 Å². The van der Waals surface area contributed by atoms with Crippen molar-refractivity contribution in [2.75, 3.05) is 17.3 Å². The lowest BCUT2D eigenvalue weighted by atomic mass is 10.2. The maximum Gasteiger partial charge on any atom is 0.221 e. The summed E-state index contributed by atoms with van der Waals surface area (Å²) in [6.07, 6.45) is 4.37. The summed E-state index contributed by atoms with van der Waals surface area (Å²) in [7, 11) is 1.88. The Hall–Kier alpha value is -0.620. The fourth-order valence-corrected chi connectivity index (χ4v) is 4.59. The van der Waals surface area contributed by atoms with Crippen LogP contribution in [0.3, 0.4) is 0 Å². The van der Waals surface area contributed by atoms with E-state index in [0.717, 1.165) is 11.3 Å². The molecule has 1 fully saturated rings. The molecule has 1 aliphatic rings. The number of nitrogens with zero attached hydrogens (tertiary/aromatic N) is 2. The van der Waals surface area contributed by atoms with Crippen LogP contribution >= 0.6 is 23.5 Å². The lowest BCUT2D eigenvalue weighted by Crippen LogP contribution is -2.30. The summed E-state index contributed by atoms with van der Waals surface area (Å²) in [5.74, 6) is 3.63. The van der Waals surface area contributed by atoms with Crippen molar-refractivity contribution < 1.29 is 4.79 Å². The molecule has 1 N–H and O–H groups in total. The van der Waals surface area contributed by atoms with Crippen molar-refractivity contribution in [3.8, 4) is 0 Å². The molecule has 18 heavy (non-hydrogen) atoms. The molecule has 2 atom stereocenters. The van der Waals surface area contributed by atoms with Crippen molar-refractivity contribution >= 4 is 29.4 Å². The number of aromatic nitrogens is 2. The molecule has 0 aliphatic carbocycles. The van der Waals surface area contributed by atoms with Crippen molar-refractivity contribution in [3.63, 3.8) is 0 Å². The molecule has 1 saturated heterocycles. The molecule has 2 heterocycles. The van der Waals surface area contributed by atoms with E-state index in [4.69, 9.17) is 0 Å². The van der Waals surface area contributed by atoms with Gasteiger partial charge in [0, 0.05) is 47.7 Å². The summed E-state index contributed by atoms with van der Waals surface area (Å²) in [5, 5.41) is 7.64. The van der Waals surface area contributed by atoms with Gasteiger partial charge in [-0.25, -0.2) is 0 Å². The van der Waals surface area contributed by atoms with Crippen molar-refractivity contribution in [2.24, 2.45) is 7.05 Å². The first kappa shape index (κ1) is 13.8. The normalized spacial score (nSPS) is 21.6. The summed E-state index contributed by atoms with van der Waals surface area (Å²) in [6.45, 7) is 2.00. The molecule has 1 aromatic heterocycles. The molecular weight excluding hydrogens is 266 g/mol. The number of nitrogens with one attached hydrogen (secondary N) is 1. The Morgan fingerprint density at radius 2 is 2.50 bits per heavy atom. The monoisotopic (exact) mass is 285 g/mol. The summed E-state index contributed by atoms with van der Waals surface area (Å²) < 4.78 is 1.76. The molecule has 0 unspecified atom stereocenters. The van der Waals surface area contributed by atoms with Crippen LogP contribution in [0, 0.1) is 0 Å². The van der Waals surface area contributed by atoms with Crippen LogP contribution in [0.5, 0.6) is 0 Å². The highest BCUT2D eigenvalue weighted by Crippen LogP contribution is 2.26. The van der Waals surface area contributed by atoms with Gasteiger partial charge in [0.2, 0.25) is 5.91 Å². The number of carbonyl (C=O) groups is 1. The summed E-state index contributed by atoms with van der Waals surface area (Å²) in [4.78, 5) is 11.9. The number of thioether (sulfide) groups is 2. The second kappa shape index (κ2) is 6.52. The van der Waals surface area contributed by atoms with E-state index >= 15 is 0 Å². The molecule has 6 heteroatoms. The molecule has 0 spiro atoms. The molecule has 0 radical (unpaired) electrons. The highest BCUT2D eigenvalue weighted by Gasteiger charge is 2.19. The number of rotatable bonds is 4. The topological polar surface area (TPSA) is 46.9 Å². The van der Waals surface area contributed by atoms with E-state index in [1.54, 1.807) is 10.9 Å². The zero-order chi connectivity index (χ0) is 13.0. The minimum atomic E-state index is 0.0347. The molecule has 0 bridgehead atoms. The van der Waals surface area contributed by atoms with E-state index in [1.807, 2.05) is 43.7 Å². The van der Waals surface area contributed by atoms with Crippen LogP contribution in [0.1, 0.15) is 24.9 Å². The van der Waals surface area contributed by atoms with Gasteiger partial charge in [-0.15, -0.1) is 0 Å². The van der Waals surface area contributed by atoms with E-state index < -0.39 is 0 Å². The molecule has 0 aromatic carbocycles. The molecule has 1 amide bonds. The van der Waals surface area contributed by atoms with Gasteiger partial charge in [-0.05, 0) is 6.92 Å². The minimum absolute atomic E-state index is 0.0347. The van der Waals surface area contributed by atoms with E-state index in [1.165, 1.54) is 11.5 Å². The highest BCUT2D eigenvalue weighted by molar-refractivity contribution is 8.06. The summed E-state index contributed by atoms with van der Waals surface area (Å²) in [5.41, 5.74) is 1.05. The van der Waals surface area contributed by atoms with E-state index in [-0.39, 0.29) is 11.9 Å². The molecular formula is C12H19N3OS2. The standard InChI is InChI=1S/C12H19N3OS2/c1-9(10-6-13-15(2)7-10)14-12(16)5-11-8-17-3-4-18-11/h6-7,9,11H,3-5,8H2,1-2H3,(H,14,16)/t9-,11-/m0/s1. The van der Waals surface area contributed by atoms with E-state index in [2.05, 4.69) is 10.4 Å². The van der Waals surface area contributed by atoms with Crippen LogP contribution in [0.4, 0.5) is 0 Å². The van der Waals surface area contributed by atoms with Gasteiger partial charge >= 0.3 is 0 Å². The maximum atomic E-state index is 11.9. The Bertz CT molecular complexity index is 402. The van der Waals surface area contributed by atoms with Crippen LogP contribution in [-0.2, 0) is 11.8 Å². The fourth-order valence-electron chi connectivity index (χ4n) is 1.91. The maximum absolute atomic E-state index is 11.9. The molecule has 1 aliphatic heterocycles. The number of hydrogen-bond acceptors (Lipinski definition) is 4. The van der Waals surface area contributed by atoms with Crippen molar-refractivity contribution in [1.82, 2.24) is 15.1 Å². The van der Waals surface area contributed by atoms with Crippen molar-refractivity contribution in [3.05, 3.63) is 18.0 Å². The summed E-state index contributed by atoms with van der Waals surface area (Å²) >= 11 is 3.87. The SMILES string of the molecule is C[C@H](NC(=O)C[C@H]1CSCCS1)c1cnn(C)c1. The smallest absolute Gasteiger partial charge is 0.221 e. The van der Waals surface area contributed by atoms with Crippen LogP contribution in [0.25, 0.3) is 0 Å². The number of aryl methyl sites for hydroxylation is 1. The lowest BCUT2D eigenvalue weighted by molar-refractivity contribution is -0.121. The third kappa shape index (κ3) is 3.95. The van der Waals surface area contributed by atoms with Gasteiger partial charge in [-0.1, -0.05) is 0 Å². The highest BCUT2D eigenvalue weighted by atomic mass is 32.2. The third-order valence-electron chi connectivity index (χ3n) is 2.90. The minimum Gasteiger partial charge on any atom is -0.349 e. The van der Waals surface area contributed by atoms with Gasteiger partial charge in [-0.3, -0.25) is 9.48 Å². The van der Waals surface area contributed by atoms with Gasteiger partial charge in [0.15, 0.2) is 0 Å². The Labute approximate surface area is 116 Å². The molecule has 4 nitrogen and oxygen atoms in total. The first-order valence-electron chi connectivity index (χ1n) is 6.12. The van der Waals surface area contributed by atoms with Crippen LogP contribution in [0.15, 0.2) is 12.4 Å². The van der Waals surface area contributed by atoms with Gasteiger partial charge in [0.25, 0.3) is 0 Å². The Morgan fingerprint density at radius 3 is 3.11 bits per heavy atom.